The normalized spacial score (nSPS) is 11.6. The molecule has 7 heteroatoms. The standard InChI is InChI=1S/C12H8F4N2O/c1-18-10(4-5-17-18)11(19)8-6-7(12(14,15)16)2-3-9(8)13/h2-6H,1H3. The van der Waals surface area contributed by atoms with Crippen LogP contribution in [0.5, 0.6) is 0 Å². The van der Waals surface area contributed by atoms with Gasteiger partial charge in [0.2, 0.25) is 5.78 Å². The fourth-order valence-electron chi connectivity index (χ4n) is 1.61. The van der Waals surface area contributed by atoms with Gasteiger partial charge < -0.3 is 0 Å². The van der Waals surface area contributed by atoms with Gasteiger partial charge in [-0.25, -0.2) is 4.39 Å². The number of aromatic nitrogens is 2. The van der Waals surface area contributed by atoms with Crippen molar-refractivity contribution in [2.24, 2.45) is 7.05 Å². The first kappa shape index (κ1) is 13.3. The lowest BCUT2D eigenvalue weighted by Gasteiger charge is -2.09. The summed E-state index contributed by atoms with van der Waals surface area (Å²) < 4.78 is 52.3. The lowest BCUT2D eigenvalue weighted by Crippen LogP contribution is -2.13. The Balaban J connectivity index is 2.51. The number of halogens is 4. The number of alkyl halides is 3. The summed E-state index contributed by atoms with van der Waals surface area (Å²) in [4.78, 5) is 12.0. The van der Waals surface area contributed by atoms with E-state index in [1.807, 2.05) is 0 Å². The van der Waals surface area contributed by atoms with Crippen LogP contribution in [-0.4, -0.2) is 15.6 Å². The van der Waals surface area contributed by atoms with Crippen molar-refractivity contribution < 1.29 is 22.4 Å². The number of nitrogens with zero attached hydrogens (tertiary/aromatic N) is 2. The van der Waals surface area contributed by atoms with E-state index in [1.165, 1.54) is 24.0 Å². The molecule has 19 heavy (non-hydrogen) atoms. The Morgan fingerprint density at radius 3 is 2.47 bits per heavy atom. The van der Waals surface area contributed by atoms with Gasteiger partial charge in [0.25, 0.3) is 0 Å². The molecule has 0 aliphatic heterocycles. The number of hydrogen-bond donors (Lipinski definition) is 0. The maximum atomic E-state index is 13.5. The largest absolute Gasteiger partial charge is 0.416 e. The third-order valence-corrected chi connectivity index (χ3v) is 2.59. The molecular formula is C12H8F4N2O. The minimum Gasteiger partial charge on any atom is -0.287 e. The minimum absolute atomic E-state index is 0.0122. The van der Waals surface area contributed by atoms with Crippen molar-refractivity contribution in [2.45, 2.75) is 6.18 Å². The van der Waals surface area contributed by atoms with Gasteiger partial charge in [-0.15, -0.1) is 0 Å². The summed E-state index contributed by atoms with van der Waals surface area (Å²) >= 11 is 0. The maximum Gasteiger partial charge on any atom is 0.416 e. The van der Waals surface area contributed by atoms with Gasteiger partial charge in [0, 0.05) is 13.2 Å². The molecule has 0 saturated carbocycles. The molecule has 0 radical (unpaired) electrons. The maximum absolute atomic E-state index is 13.5. The number of carbonyl (C=O) groups excluding carboxylic acids is 1. The molecule has 0 fully saturated rings. The van der Waals surface area contributed by atoms with E-state index < -0.39 is 28.9 Å². The summed E-state index contributed by atoms with van der Waals surface area (Å²) in [7, 11) is 1.44. The highest BCUT2D eigenvalue weighted by atomic mass is 19.4. The van der Waals surface area contributed by atoms with Crippen molar-refractivity contribution in [3.63, 3.8) is 0 Å². The molecule has 0 atom stereocenters. The minimum atomic E-state index is -4.63. The first-order chi connectivity index (χ1) is 8.80. The van der Waals surface area contributed by atoms with Crippen LogP contribution >= 0.6 is 0 Å². The number of carbonyl (C=O) groups is 1. The second-order valence-corrected chi connectivity index (χ2v) is 3.86. The topological polar surface area (TPSA) is 34.9 Å². The first-order valence-corrected chi connectivity index (χ1v) is 5.20. The van der Waals surface area contributed by atoms with Gasteiger partial charge in [-0.3, -0.25) is 9.48 Å². The Morgan fingerprint density at radius 1 is 1.26 bits per heavy atom. The van der Waals surface area contributed by atoms with Crippen LogP contribution in [0.4, 0.5) is 17.6 Å². The van der Waals surface area contributed by atoms with Crippen molar-refractivity contribution in [2.75, 3.05) is 0 Å². The Morgan fingerprint density at radius 2 is 1.95 bits per heavy atom. The summed E-state index contributed by atoms with van der Waals surface area (Å²) in [5, 5.41) is 3.72. The van der Waals surface area contributed by atoms with Gasteiger partial charge in [0.1, 0.15) is 11.5 Å². The van der Waals surface area contributed by atoms with Gasteiger partial charge in [0.05, 0.1) is 11.1 Å². The van der Waals surface area contributed by atoms with Crippen LogP contribution in [0.3, 0.4) is 0 Å². The molecule has 3 nitrogen and oxygen atoms in total. The third-order valence-electron chi connectivity index (χ3n) is 2.59. The molecule has 100 valence electrons. The molecule has 0 aliphatic rings. The number of hydrogen-bond acceptors (Lipinski definition) is 2. The highest BCUT2D eigenvalue weighted by Gasteiger charge is 2.32. The third kappa shape index (κ3) is 2.49. The SMILES string of the molecule is Cn1nccc1C(=O)c1cc(C(F)(F)F)ccc1F. The monoisotopic (exact) mass is 272 g/mol. The Bertz CT molecular complexity index is 631. The van der Waals surface area contributed by atoms with Gasteiger partial charge in [-0.1, -0.05) is 0 Å². The second-order valence-electron chi connectivity index (χ2n) is 3.86. The molecule has 2 rings (SSSR count). The first-order valence-electron chi connectivity index (χ1n) is 5.20. The van der Waals surface area contributed by atoms with Gasteiger partial charge in [0.15, 0.2) is 0 Å². The van der Waals surface area contributed by atoms with Crippen LogP contribution < -0.4 is 0 Å². The molecule has 0 saturated heterocycles. The zero-order valence-corrected chi connectivity index (χ0v) is 9.70. The van der Waals surface area contributed by atoms with Crippen molar-refractivity contribution in [3.05, 3.63) is 53.1 Å². The van der Waals surface area contributed by atoms with E-state index in [2.05, 4.69) is 5.10 Å². The molecule has 1 aromatic carbocycles. The molecular weight excluding hydrogens is 264 g/mol. The summed E-state index contributed by atoms with van der Waals surface area (Å²) in [5.41, 5.74) is -1.68. The lowest BCUT2D eigenvalue weighted by atomic mass is 10.0. The summed E-state index contributed by atoms with van der Waals surface area (Å²) in [6.07, 6.45) is -3.33. The predicted molar refractivity (Wildman–Crippen MR) is 58.0 cm³/mol. The van der Waals surface area contributed by atoms with Crippen LogP contribution in [0.15, 0.2) is 30.5 Å². The van der Waals surface area contributed by atoms with E-state index in [0.29, 0.717) is 18.2 Å². The van der Waals surface area contributed by atoms with Gasteiger partial charge >= 0.3 is 6.18 Å². The van der Waals surface area contributed by atoms with E-state index in [-0.39, 0.29) is 5.69 Å². The zero-order chi connectivity index (χ0) is 14.2. The molecule has 0 bridgehead atoms. The van der Waals surface area contributed by atoms with E-state index in [4.69, 9.17) is 0 Å². The van der Waals surface area contributed by atoms with Crippen molar-refractivity contribution >= 4 is 5.78 Å². The number of ketones is 1. The van der Waals surface area contributed by atoms with Crippen molar-refractivity contribution in [1.29, 1.82) is 0 Å². The quantitative estimate of drug-likeness (QED) is 0.622. The summed E-state index contributed by atoms with van der Waals surface area (Å²) in [5.74, 6) is -1.84. The lowest BCUT2D eigenvalue weighted by molar-refractivity contribution is -0.137. The number of benzene rings is 1. The molecule has 0 spiro atoms. The van der Waals surface area contributed by atoms with E-state index in [9.17, 15) is 22.4 Å². The van der Waals surface area contributed by atoms with Gasteiger partial charge in [-0.05, 0) is 24.3 Å². The summed E-state index contributed by atoms with van der Waals surface area (Å²) in [6, 6.07) is 3.04. The molecule has 0 aliphatic carbocycles. The smallest absolute Gasteiger partial charge is 0.287 e. The molecule has 1 aromatic heterocycles. The van der Waals surface area contributed by atoms with Crippen molar-refractivity contribution in [3.8, 4) is 0 Å². The van der Waals surface area contributed by atoms with E-state index in [1.54, 1.807) is 0 Å². The van der Waals surface area contributed by atoms with Crippen LogP contribution in [0, 0.1) is 5.82 Å². The summed E-state index contributed by atoms with van der Waals surface area (Å²) in [6.45, 7) is 0. The molecule has 0 N–H and O–H groups in total. The number of rotatable bonds is 2. The number of aryl methyl sites for hydroxylation is 1. The Kier molecular flexibility index (Phi) is 3.13. The van der Waals surface area contributed by atoms with Crippen LogP contribution in [0.25, 0.3) is 0 Å². The molecule has 1 heterocycles. The van der Waals surface area contributed by atoms with Crippen molar-refractivity contribution in [1.82, 2.24) is 9.78 Å². The van der Waals surface area contributed by atoms with Crippen LogP contribution in [-0.2, 0) is 13.2 Å². The highest BCUT2D eigenvalue weighted by Crippen LogP contribution is 2.30. The predicted octanol–water partition coefficient (Wildman–Crippen LogP) is 2.81. The van der Waals surface area contributed by atoms with E-state index in [0.717, 1.165) is 0 Å². The average molecular weight is 272 g/mol. The fourth-order valence-corrected chi connectivity index (χ4v) is 1.61. The highest BCUT2D eigenvalue weighted by molar-refractivity contribution is 6.08. The molecule has 0 unspecified atom stereocenters. The zero-order valence-electron chi connectivity index (χ0n) is 9.70. The van der Waals surface area contributed by atoms with Crippen LogP contribution in [0.1, 0.15) is 21.6 Å². The molecule has 0 amide bonds. The van der Waals surface area contributed by atoms with Crippen LogP contribution in [0.2, 0.25) is 0 Å². The average Bonchev–Trinajstić information content (AvgIpc) is 2.73. The Hall–Kier alpha value is -2.18. The molecule has 2 aromatic rings. The van der Waals surface area contributed by atoms with E-state index >= 15 is 0 Å². The Labute approximate surface area is 105 Å². The fraction of sp³-hybridized carbons (Fsp3) is 0.167. The second kappa shape index (κ2) is 4.49. The van der Waals surface area contributed by atoms with Gasteiger partial charge in [-0.2, -0.15) is 18.3 Å².